The second-order valence-corrected chi connectivity index (χ2v) is 7.31. The Morgan fingerprint density at radius 1 is 1.23 bits per heavy atom. The lowest BCUT2D eigenvalue weighted by molar-refractivity contribution is -0.140. The molecule has 0 spiro atoms. The molecule has 0 saturated carbocycles. The molecule has 0 atom stereocenters. The maximum absolute atomic E-state index is 13.1. The first-order valence-corrected chi connectivity index (χ1v) is 8.99. The zero-order chi connectivity index (χ0) is 18.5. The fourth-order valence-corrected chi connectivity index (χ4v) is 3.74. The zero-order valence-electron chi connectivity index (χ0n) is 13.6. The highest BCUT2D eigenvalue weighted by atomic mass is 79.9. The van der Waals surface area contributed by atoms with Crippen LogP contribution in [-0.2, 0) is 11.3 Å². The predicted molar refractivity (Wildman–Crippen MR) is 93.5 cm³/mol. The summed E-state index contributed by atoms with van der Waals surface area (Å²) < 4.78 is 47.5. The largest absolute Gasteiger partial charge is 0.406 e. The van der Waals surface area contributed by atoms with Crippen molar-refractivity contribution in [1.29, 1.82) is 0 Å². The van der Waals surface area contributed by atoms with E-state index in [1.54, 1.807) is 18.2 Å². The Balaban J connectivity index is 2.00. The van der Waals surface area contributed by atoms with Crippen LogP contribution in [0.25, 0.3) is 16.6 Å². The van der Waals surface area contributed by atoms with Gasteiger partial charge in [0.15, 0.2) is 0 Å². The van der Waals surface area contributed by atoms with Crippen LogP contribution in [0.2, 0.25) is 0 Å². The average molecular weight is 430 g/mol. The topological polar surface area (TPSA) is 48.5 Å². The van der Waals surface area contributed by atoms with Gasteiger partial charge in [-0.2, -0.15) is 18.3 Å². The molecule has 2 aromatic heterocycles. The van der Waals surface area contributed by atoms with Gasteiger partial charge < -0.3 is 4.74 Å². The summed E-state index contributed by atoms with van der Waals surface area (Å²) in [6.07, 6.45) is -2.99. The molecule has 1 fully saturated rings. The number of alkyl halides is 3. The normalized spacial score (nSPS) is 16.6. The molecule has 138 valence electrons. The van der Waals surface area contributed by atoms with Gasteiger partial charge in [0.25, 0.3) is 5.56 Å². The minimum atomic E-state index is -4.50. The zero-order valence-corrected chi connectivity index (χ0v) is 15.2. The van der Waals surface area contributed by atoms with Crippen LogP contribution in [0.15, 0.2) is 33.5 Å². The maximum Gasteiger partial charge on any atom is 0.406 e. The molecular weight excluding hydrogens is 415 g/mol. The van der Waals surface area contributed by atoms with Gasteiger partial charge in [-0.15, -0.1) is 0 Å². The third kappa shape index (κ3) is 3.14. The van der Waals surface area contributed by atoms with Gasteiger partial charge >= 0.3 is 6.18 Å². The van der Waals surface area contributed by atoms with E-state index < -0.39 is 18.3 Å². The van der Waals surface area contributed by atoms with Crippen molar-refractivity contribution < 1.29 is 17.9 Å². The van der Waals surface area contributed by atoms with Crippen molar-refractivity contribution in [3.63, 3.8) is 0 Å². The van der Waals surface area contributed by atoms with Gasteiger partial charge in [-0.3, -0.25) is 9.36 Å². The van der Waals surface area contributed by atoms with Crippen LogP contribution in [0.5, 0.6) is 0 Å². The molecule has 1 aliphatic heterocycles. The van der Waals surface area contributed by atoms with Crippen LogP contribution >= 0.6 is 15.9 Å². The minimum absolute atomic E-state index is 0.111. The SMILES string of the molecule is O=c1c2ccc(Br)cc2n2nc(C3CCOCC3)cc2n1CC(F)(F)F. The Morgan fingerprint density at radius 2 is 1.96 bits per heavy atom. The highest BCUT2D eigenvalue weighted by Gasteiger charge is 2.31. The summed E-state index contributed by atoms with van der Waals surface area (Å²) >= 11 is 3.35. The first-order valence-electron chi connectivity index (χ1n) is 8.20. The molecule has 1 aromatic carbocycles. The van der Waals surface area contributed by atoms with Crippen LogP contribution in [0.3, 0.4) is 0 Å². The highest BCUT2D eigenvalue weighted by Crippen LogP contribution is 2.29. The molecule has 3 heterocycles. The van der Waals surface area contributed by atoms with E-state index in [0.29, 0.717) is 24.4 Å². The molecular formula is C17H15BrF3N3O2. The molecule has 1 saturated heterocycles. The number of hydrogen-bond acceptors (Lipinski definition) is 3. The van der Waals surface area contributed by atoms with Gasteiger partial charge in [-0.1, -0.05) is 15.9 Å². The molecule has 5 nitrogen and oxygen atoms in total. The van der Waals surface area contributed by atoms with Crippen molar-refractivity contribution in [2.45, 2.75) is 31.5 Å². The quantitative estimate of drug-likeness (QED) is 0.621. The fraction of sp³-hybridized carbons (Fsp3) is 0.412. The number of aromatic nitrogens is 3. The molecule has 26 heavy (non-hydrogen) atoms. The Morgan fingerprint density at radius 3 is 2.65 bits per heavy atom. The molecule has 3 aromatic rings. The smallest absolute Gasteiger partial charge is 0.381 e. The lowest BCUT2D eigenvalue weighted by Crippen LogP contribution is -2.29. The first kappa shape index (κ1) is 17.5. The number of fused-ring (bicyclic) bond motifs is 3. The highest BCUT2D eigenvalue weighted by molar-refractivity contribution is 9.10. The molecule has 0 bridgehead atoms. The van der Waals surface area contributed by atoms with Gasteiger partial charge in [-0.25, -0.2) is 4.52 Å². The van der Waals surface area contributed by atoms with Crippen molar-refractivity contribution in [2.75, 3.05) is 13.2 Å². The predicted octanol–water partition coefficient (Wildman–Crippen LogP) is 3.87. The second kappa shape index (κ2) is 6.38. The Bertz CT molecular complexity index is 1040. The number of halogens is 4. The molecule has 9 heteroatoms. The van der Waals surface area contributed by atoms with E-state index >= 15 is 0 Å². The molecule has 4 rings (SSSR count). The van der Waals surface area contributed by atoms with E-state index in [4.69, 9.17) is 4.74 Å². The number of nitrogens with zero attached hydrogens (tertiary/aromatic N) is 3. The third-order valence-electron chi connectivity index (χ3n) is 4.63. The second-order valence-electron chi connectivity index (χ2n) is 6.39. The van der Waals surface area contributed by atoms with Crippen molar-refractivity contribution >= 4 is 32.5 Å². The molecule has 0 N–H and O–H groups in total. The van der Waals surface area contributed by atoms with Crippen LogP contribution < -0.4 is 5.56 Å². The van der Waals surface area contributed by atoms with Gasteiger partial charge in [0.1, 0.15) is 12.2 Å². The summed E-state index contributed by atoms with van der Waals surface area (Å²) in [6, 6.07) is 6.45. The number of ether oxygens (including phenoxy) is 1. The number of benzene rings is 1. The van der Waals surface area contributed by atoms with E-state index in [1.807, 2.05) is 0 Å². The first-order chi connectivity index (χ1) is 12.3. The molecule has 0 radical (unpaired) electrons. The monoisotopic (exact) mass is 429 g/mol. The Kier molecular flexibility index (Phi) is 4.31. The van der Waals surface area contributed by atoms with Gasteiger partial charge in [0.05, 0.1) is 16.6 Å². The van der Waals surface area contributed by atoms with Crippen LogP contribution in [0, 0.1) is 0 Å². The summed E-state index contributed by atoms with van der Waals surface area (Å²) in [6.45, 7) is -0.152. The van der Waals surface area contributed by atoms with E-state index in [9.17, 15) is 18.0 Å². The molecule has 0 amide bonds. The fourth-order valence-electron chi connectivity index (χ4n) is 3.39. The Hall–Kier alpha value is -1.87. The Labute approximate surface area is 154 Å². The van der Waals surface area contributed by atoms with Crippen LogP contribution in [0.4, 0.5) is 13.2 Å². The lowest BCUT2D eigenvalue weighted by Gasteiger charge is -2.19. The summed E-state index contributed by atoms with van der Waals surface area (Å²) in [7, 11) is 0. The minimum Gasteiger partial charge on any atom is -0.381 e. The summed E-state index contributed by atoms with van der Waals surface area (Å²) in [4.78, 5) is 12.7. The van der Waals surface area contributed by atoms with Crippen LogP contribution in [0.1, 0.15) is 24.5 Å². The molecule has 0 aliphatic carbocycles. The van der Waals surface area contributed by atoms with E-state index in [1.165, 1.54) is 10.6 Å². The summed E-state index contributed by atoms with van der Waals surface area (Å²) in [5.41, 5.74) is 0.655. The number of hydrogen-bond donors (Lipinski definition) is 0. The van der Waals surface area contributed by atoms with Crippen molar-refractivity contribution in [2.24, 2.45) is 0 Å². The number of rotatable bonds is 2. The van der Waals surface area contributed by atoms with Crippen molar-refractivity contribution in [3.05, 3.63) is 44.8 Å². The van der Waals surface area contributed by atoms with Crippen molar-refractivity contribution in [3.8, 4) is 0 Å². The van der Waals surface area contributed by atoms with Gasteiger partial charge in [0.2, 0.25) is 0 Å². The summed E-state index contributed by atoms with van der Waals surface area (Å²) in [5.74, 6) is 0.111. The van der Waals surface area contributed by atoms with Crippen molar-refractivity contribution in [1.82, 2.24) is 14.2 Å². The van der Waals surface area contributed by atoms with E-state index in [-0.39, 0.29) is 17.0 Å². The van der Waals surface area contributed by atoms with Gasteiger partial charge in [0, 0.05) is 29.7 Å². The summed E-state index contributed by atoms with van der Waals surface area (Å²) in [5, 5.41) is 4.75. The molecule has 1 aliphatic rings. The lowest BCUT2D eigenvalue weighted by atomic mass is 9.97. The third-order valence-corrected chi connectivity index (χ3v) is 5.12. The molecule has 0 unspecified atom stereocenters. The van der Waals surface area contributed by atoms with Crippen LogP contribution in [-0.4, -0.2) is 33.6 Å². The average Bonchev–Trinajstić information content (AvgIpc) is 3.04. The maximum atomic E-state index is 13.1. The van der Waals surface area contributed by atoms with E-state index in [0.717, 1.165) is 21.9 Å². The van der Waals surface area contributed by atoms with E-state index in [2.05, 4.69) is 21.0 Å². The van der Waals surface area contributed by atoms with Gasteiger partial charge in [-0.05, 0) is 31.0 Å². The standard InChI is InChI=1S/C17H15BrF3N3O2/c18-11-1-2-12-14(7-11)24-15(23(16(12)25)9-17(19,20)21)8-13(22-24)10-3-5-26-6-4-10/h1-2,7-8,10H,3-6,9H2.